The Balaban J connectivity index is 2.01. The maximum Gasteiger partial charge on any atom is 0.417 e. The zero-order chi connectivity index (χ0) is 20.0. The van der Waals surface area contributed by atoms with Crippen LogP contribution in [-0.2, 0) is 11.0 Å². The topological polar surface area (TPSA) is 115 Å². The van der Waals surface area contributed by atoms with Crippen LogP contribution in [0.15, 0.2) is 47.6 Å². The van der Waals surface area contributed by atoms with Crippen molar-refractivity contribution < 1.29 is 22.7 Å². The van der Waals surface area contributed by atoms with Crippen LogP contribution in [0, 0.1) is 0 Å². The van der Waals surface area contributed by atoms with Crippen LogP contribution in [0.25, 0.3) is 0 Å². The molecule has 144 valence electrons. The molecule has 2 aromatic carbocycles. The number of ether oxygens (including phenoxy) is 1. The molecule has 1 amide bonds. The summed E-state index contributed by atoms with van der Waals surface area (Å²) in [6.07, 6.45) is -4.63. The molecule has 7 nitrogen and oxygen atoms in total. The molecule has 2 rings (SSSR count). The third kappa shape index (κ3) is 5.76. The molecule has 0 heterocycles. The fraction of sp³-hybridized carbons (Fsp3) is 0.125. The van der Waals surface area contributed by atoms with Crippen LogP contribution in [0.3, 0.4) is 0 Å². The highest BCUT2D eigenvalue weighted by Crippen LogP contribution is 2.36. The maximum atomic E-state index is 12.8. The smallest absolute Gasteiger partial charge is 0.417 e. The van der Waals surface area contributed by atoms with Gasteiger partial charge in [-0.25, -0.2) is 11.4 Å². The largest absolute Gasteiger partial charge is 0.484 e. The molecular weight excluding hydrogens is 387 g/mol. The summed E-state index contributed by atoms with van der Waals surface area (Å²) in [5, 5.41) is 5.46. The Morgan fingerprint density at radius 2 is 1.96 bits per heavy atom. The summed E-state index contributed by atoms with van der Waals surface area (Å²) in [5.41, 5.74) is 7.11. The number of hydrogen-bond acceptors (Lipinski definition) is 5. The van der Waals surface area contributed by atoms with E-state index in [1.807, 2.05) is 0 Å². The number of halogens is 4. The minimum absolute atomic E-state index is 0.0560. The number of nitrogens with zero attached hydrogens (tertiary/aromatic N) is 1. The first-order valence-corrected chi connectivity index (χ1v) is 7.77. The molecule has 0 unspecified atom stereocenters. The zero-order valence-corrected chi connectivity index (χ0v) is 14.4. The van der Waals surface area contributed by atoms with Crippen LogP contribution >= 0.6 is 11.6 Å². The molecule has 0 radical (unpaired) electrons. The van der Waals surface area contributed by atoms with E-state index in [1.54, 1.807) is 18.2 Å². The molecule has 0 saturated carbocycles. The number of hydrazine groups is 1. The fourth-order valence-corrected chi connectivity index (χ4v) is 2.27. The van der Waals surface area contributed by atoms with Crippen LogP contribution < -0.4 is 27.2 Å². The van der Waals surface area contributed by atoms with Crippen LogP contribution in [-0.4, -0.2) is 18.3 Å². The zero-order valence-electron chi connectivity index (χ0n) is 13.7. The third-order valence-electron chi connectivity index (χ3n) is 3.24. The number of amides is 1. The normalized spacial score (nSPS) is 11.8. The summed E-state index contributed by atoms with van der Waals surface area (Å²) < 4.78 is 43.8. The Morgan fingerprint density at radius 1 is 1.22 bits per heavy atom. The van der Waals surface area contributed by atoms with Gasteiger partial charge in [0, 0.05) is 11.3 Å². The van der Waals surface area contributed by atoms with E-state index in [0.717, 1.165) is 12.1 Å². The van der Waals surface area contributed by atoms with Crippen molar-refractivity contribution in [2.45, 2.75) is 6.18 Å². The molecule has 0 atom stereocenters. The molecule has 0 saturated heterocycles. The van der Waals surface area contributed by atoms with Gasteiger partial charge in [0.15, 0.2) is 12.4 Å². The van der Waals surface area contributed by atoms with Gasteiger partial charge in [0.1, 0.15) is 5.75 Å². The maximum absolute atomic E-state index is 12.8. The van der Waals surface area contributed by atoms with Gasteiger partial charge in [0.2, 0.25) is 0 Å². The molecule has 0 fully saturated rings. The molecule has 2 aromatic rings. The number of amidine groups is 1. The van der Waals surface area contributed by atoms with E-state index >= 15 is 0 Å². The molecule has 6 N–H and O–H groups in total. The molecule has 0 aliphatic rings. The fourth-order valence-electron chi connectivity index (χ4n) is 2.05. The quantitative estimate of drug-likeness (QED) is 0.257. The van der Waals surface area contributed by atoms with Crippen molar-refractivity contribution in [2.24, 2.45) is 16.7 Å². The van der Waals surface area contributed by atoms with Crippen molar-refractivity contribution in [1.29, 1.82) is 0 Å². The Kier molecular flexibility index (Phi) is 6.48. The summed E-state index contributed by atoms with van der Waals surface area (Å²) in [6, 6.07) is 9.42. The average Bonchev–Trinajstić information content (AvgIpc) is 2.61. The molecule has 11 heteroatoms. The summed E-state index contributed by atoms with van der Waals surface area (Å²) in [7, 11) is 0. The van der Waals surface area contributed by atoms with Crippen LogP contribution in [0.4, 0.5) is 18.9 Å². The van der Waals surface area contributed by atoms with Gasteiger partial charge in [-0.05, 0) is 30.3 Å². The van der Waals surface area contributed by atoms with Crippen molar-refractivity contribution in [2.75, 3.05) is 11.9 Å². The standard InChI is InChI=1S/C16H15ClF3N5O2/c17-13-5-4-10(7-12(13)16(18,19)20)23-14(26)8-27-11-3-1-2-9(6-11)15(21)24-25-22/h1-7,25H,8,22H2,(H2,21,24)(H,23,26). The second-order valence-corrected chi connectivity index (χ2v) is 5.59. The summed E-state index contributed by atoms with van der Waals surface area (Å²) in [5.74, 6) is 4.81. The lowest BCUT2D eigenvalue weighted by Gasteiger charge is -2.12. The molecule has 27 heavy (non-hydrogen) atoms. The lowest BCUT2D eigenvalue weighted by molar-refractivity contribution is -0.137. The third-order valence-corrected chi connectivity index (χ3v) is 3.57. The van der Waals surface area contributed by atoms with E-state index in [4.69, 9.17) is 27.9 Å². The molecule has 0 spiro atoms. The van der Waals surface area contributed by atoms with E-state index < -0.39 is 29.3 Å². The van der Waals surface area contributed by atoms with Gasteiger partial charge < -0.3 is 15.8 Å². The van der Waals surface area contributed by atoms with Crippen LogP contribution in [0.5, 0.6) is 5.75 Å². The number of hydrazone groups is 1. The van der Waals surface area contributed by atoms with Gasteiger partial charge in [-0.3, -0.25) is 4.79 Å². The van der Waals surface area contributed by atoms with E-state index in [-0.39, 0.29) is 11.5 Å². The lowest BCUT2D eigenvalue weighted by atomic mass is 10.2. The summed E-state index contributed by atoms with van der Waals surface area (Å²) in [4.78, 5) is 11.9. The highest BCUT2D eigenvalue weighted by Gasteiger charge is 2.33. The summed E-state index contributed by atoms with van der Waals surface area (Å²) in [6.45, 7) is -0.431. The number of nitrogens with two attached hydrogens (primary N) is 2. The molecule has 0 aliphatic carbocycles. The number of carbonyl (C=O) groups excluding carboxylic acids is 1. The minimum Gasteiger partial charge on any atom is -0.484 e. The van der Waals surface area contributed by atoms with Gasteiger partial charge in [-0.2, -0.15) is 13.2 Å². The molecule has 0 aromatic heterocycles. The number of carbonyl (C=O) groups is 1. The van der Waals surface area contributed by atoms with Gasteiger partial charge in [0.25, 0.3) is 5.91 Å². The van der Waals surface area contributed by atoms with Crippen LogP contribution in [0.2, 0.25) is 5.02 Å². The number of rotatable bonds is 6. The van der Waals surface area contributed by atoms with Gasteiger partial charge in [-0.1, -0.05) is 23.7 Å². The summed E-state index contributed by atoms with van der Waals surface area (Å²) >= 11 is 5.53. The number of benzene rings is 2. The second-order valence-electron chi connectivity index (χ2n) is 5.18. The predicted molar refractivity (Wildman–Crippen MR) is 95.1 cm³/mol. The van der Waals surface area contributed by atoms with Gasteiger partial charge >= 0.3 is 6.18 Å². The van der Waals surface area contributed by atoms with E-state index in [1.165, 1.54) is 12.1 Å². The lowest BCUT2D eigenvalue weighted by Crippen LogP contribution is -2.23. The highest BCUT2D eigenvalue weighted by atomic mass is 35.5. The molecule has 0 aliphatic heterocycles. The molecular formula is C16H15ClF3N5O2. The SMILES string of the molecule is NN/N=C(\N)c1cccc(OCC(=O)Nc2ccc(Cl)c(C(F)(F)F)c2)c1. The van der Waals surface area contributed by atoms with Crippen molar-refractivity contribution in [1.82, 2.24) is 5.53 Å². The first kappa shape index (κ1) is 20.3. The Morgan fingerprint density at radius 3 is 2.63 bits per heavy atom. The predicted octanol–water partition coefficient (Wildman–Crippen LogP) is 2.46. The second kappa shape index (κ2) is 8.60. The van der Waals surface area contributed by atoms with E-state index in [0.29, 0.717) is 11.3 Å². The van der Waals surface area contributed by atoms with Crippen molar-refractivity contribution >= 4 is 29.0 Å². The van der Waals surface area contributed by atoms with Crippen LogP contribution in [0.1, 0.15) is 11.1 Å². The Hall–Kier alpha value is -2.98. The minimum atomic E-state index is -4.63. The highest BCUT2D eigenvalue weighted by molar-refractivity contribution is 6.31. The first-order chi connectivity index (χ1) is 12.7. The number of anilines is 1. The average molecular weight is 402 g/mol. The van der Waals surface area contributed by atoms with E-state index in [2.05, 4.69) is 16.0 Å². The monoisotopic (exact) mass is 401 g/mol. The number of nitrogens with one attached hydrogen (secondary N) is 2. The number of alkyl halides is 3. The van der Waals surface area contributed by atoms with Gasteiger partial charge in [0.05, 0.1) is 10.6 Å². The Labute approximate surface area is 157 Å². The number of hydrogen-bond donors (Lipinski definition) is 4. The van der Waals surface area contributed by atoms with Crippen molar-refractivity contribution in [3.63, 3.8) is 0 Å². The Bertz CT molecular complexity index is 858. The molecule has 0 bridgehead atoms. The van der Waals surface area contributed by atoms with Gasteiger partial charge in [-0.15, -0.1) is 5.10 Å². The first-order valence-electron chi connectivity index (χ1n) is 7.39. The van der Waals surface area contributed by atoms with Crippen molar-refractivity contribution in [3.05, 3.63) is 58.6 Å². The van der Waals surface area contributed by atoms with Crippen molar-refractivity contribution in [3.8, 4) is 5.75 Å². The van der Waals surface area contributed by atoms with E-state index in [9.17, 15) is 18.0 Å².